The fourth-order valence-electron chi connectivity index (χ4n) is 4.52. The minimum absolute atomic E-state index is 0.948. The number of benzene rings is 2. The van der Waals surface area contributed by atoms with Crippen LogP contribution in [0.25, 0.3) is 0 Å². The van der Waals surface area contributed by atoms with Crippen LogP contribution in [0.1, 0.15) is 56.1 Å². The summed E-state index contributed by atoms with van der Waals surface area (Å²) < 4.78 is 2.13. The van der Waals surface area contributed by atoms with Crippen LogP contribution >= 0.6 is 48.0 Å². The van der Waals surface area contributed by atoms with E-state index >= 15 is 0 Å². The van der Waals surface area contributed by atoms with Crippen molar-refractivity contribution in [1.29, 1.82) is 0 Å². The van der Waals surface area contributed by atoms with Crippen molar-refractivity contribution in [1.82, 2.24) is 10.6 Å². The third kappa shape index (κ3) is 8.21. The van der Waals surface area contributed by atoms with E-state index < -0.39 is 0 Å². The second-order valence-electron chi connectivity index (χ2n) is 8.95. The van der Waals surface area contributed by atoms with Crippen LogP contribution in [-0.2, 0) is 11.5 Å². The van der Waals surface area contributed by atoms with Gasteiger partial charge in [-0.05, 0) is 67.2 Å². The molecule has 2 aromatic rings. The zero-order valence-electron chi connectivity index (χ0n) is 20.2. The number of nitrogens with one attached hydrogen (secondary N) is 2. The van der Waals surface area contributed by atoms with E-state index in [-0.39, 0.29) is 0 Å². The maximum absolute atomic E-state index is 5.79. The first-order valence-electron chi connectivity index (χ1n) is 12.5. The van der Waals surface area contributed by atoms with Gasteiger partial charge in [-0.25, -0.2) is 0 Å². The molecule has 2 aromatic carbocycles. The van der Waals surface area contributed by atoms with Crippen molar-refractivity contribution in [3.8, 4) is 0 Å². The Hall–Kier alpha value is -1.60. The predicted molar refractivity (Wildman–Crippen MR) is 163 cm³/mol. The van der Waals surface area contributed by atoms with Gasteiger partial charge in [0.05, 0.1) is 8.39 Å². The summed E-state index contributed by atoms with van der Waals surface area (Å²) in [4.78, 5) is 0. The first-order valence-corrected chi connectivity index (χ1v) is 15.3. The maximum atomic E-state index is 5.79. The SMILES string of the molecule is S=C(SCc1ccccc1)C1=C(NCCCNC2=C(C(=S)SCc3ccccc3)CCC2)CCC1. The molecule has 2 aliphatic rings. The zero-order chi connectivity index (χ0) is 24.3. The molecule has 0 saturated carbocycles. The topological polar surface area (TPSA) is 24.1 Å². The van der Waals surface area contributed by atoms with Crippen molar-refractivity contribution in [2.24, 2.45) is 0 Å². The smallest absolute Gasteiger partial charge is 0.0758 e. The highest BCUT2D eigenvalue weighted by atomic mass is 32.2. The summed E-state index contributed by atoms with van der Waals surface area (Å²) in [5, 5.41) is 7.40. The maximum Gasteiger partial charge on any atom is 0.0758 e. The van der Waals surface area contributed by atoms with E-state index in [1.54, 1.807) is 23.5 Å². The van der Waals surface area contributed by atoms with Gasteiger partial charge in [0.1, 0.15) is 0 Å². The summed E-state index contributed by atoms with van der Waals surface area (Å²) in [7, 11) is 0. The monoisotopic (exact) mass is 538 g/mol. The van der Waals surface area contributed by atoms with Gasteiger partial charge in [0, 0.05) is 36.0 Å². The van der Waals surface area contributed by atoms with Gasteiger partial charge in [-0.1, -0.05) is 85.1 Å². The number of hydrogen-bond donors (Lipinski definition) is 2. The van der Waals surface area contributed by atoms with E-state index in [0.717, 1.165) is 65.1 Å². The Labute approximate surface area is 229 Å². The summed E-state index contributed by atoms with van der Waals surface area (Å²) in [5.41, 5.74) is 8.14. The third-order valence-electron chi connectivity index (χ3n) is 6.38. The van der Waals surface area contributed by atoms with E-state index in [1.165, 1.54) is 46.5 Å². The molecule has 0 bridgehead atoms. The third-order valence-corrected chi connectivity index (χ3v) is 9.56. The van der Waals surface area contributed by atoms with Gasteiger partial charge in [0.2, 0.25) is 0 Å². The van der Waals surface area contributed by atoms with E-state index in [2.05, 4.69) is 71.3 Å². The molecule has 0 atom stereocenters. The average molecular weight is 539 g/mol. The highest BCUT2D eigenvalue weighted by molar-refractivity contribution is 8.23. The van der Waals surface area contributed by atoms with Crippen molar-refractivity contribution in [3.05, 3.63) is 94.3 Å². The molecule has 0 amide bonds. The van der Waals surface area contributed by atoms with Crippen LogP contribution in [0, 0.1) is 0 Å². The summed E-state index contributed by atoms with van der Waals surface area (Å²) in [5.74, 6) is 1.90. The quantitative estimate of drug-likeness (QED) is 0.210. The normalized spacial score (nSPS) is 15.5. The van der Waals surface area contributed by atoms with Gasteiger partial charge in [-0.3, -0.25) is 0 Å². The van der Waals surface area contributed by atoms with Crippen LogP contribution in [-0.4, -0.2) is 21.5 Å². The molecule has 0 aliphatic heterocycles. The van der Waals surface area contributed by atoms with Gasteiger partial charge in [0.25, 0.3) is 0 Å². The molecular formula is C29H34N2S4. The minimum atomic E-state index is 0.948. The highest BCUT2D eigenvalue weighted by Gasteiger charge is 2.20. The lowest BCUT2D eigenvalue weighted by molar-refractivity contribution is 0.656. The van der Waals surface area contributed by atoms with Gasteiger partial charge >= 0.3 is 0 Å². The number of allylic oxidation sites excluding steroid dienone is 2. The second kappa shape index (κ2) is 14.2. The van der Waals surface area contributed by atoms with Crippen molar-refractivity contribution in [2.45, 2.75) is 56.5 Å². The molecule has 4 rings (SSSR count). The average Bonchev–Trinajstić information content (AvgIpc) is 3.57. The van der Waals surface area contributed by atoms with Crippen molar-refractivity contribution < 1.29 is 0 Å². The van der Waals surface area contributed by atoms with E-state index in [1.807, 2.05) is 0 Å². The number of thioether (sulfide) groups is 2. The largest absolute Gasteiger partial charge is 0.388 e. The minimum Gasteiger partial charge on any atom is -0.388 e. The summed E-state index contributed by atoms with van der Waals surface area (Å²) in [6.45, 7) is 1.96. The molecular weight excluding hydrogens is 505 g/mol. The van der Waals surface area contributed by atoms with Crippen LogP contribution in [0.15, 0.2) is 83.2 Å². The van der Waals surface area contributed by atoms with Crippen molar-refractivity contribution in [2.75, 3.05) is 13.1 Å². The van der Waals surface area contributed by atoms with E-state index in [0.29, 0.717) is 0 Å². The Balaban J connectivity index is 1.19. The van der Waals surface area contributed by atoms with E-state index in [9.17, 15) is 0 Å². The standard InChI is InChI=1S/C29H34N2S4/c32-28(34-20-22-10-3-1-4-11-22)24-14-7-16-26(24)30-18-9-19-31-27-17-8-15-25(27)29(33)35-21-23-12-5-2-6-13-23/h1-6,10-13,30-31H,7-9,14-21H2. The summed E-state index contributed by atoms with van der Waals surface area (Å²) in [6, 6.07) is 21.2. The summed E-state index contributed by atoms with van der Waals surface area (Å²) >= 11 is 15.2. The molecule has 0 unspecified atom stereocenters. The number of hydrogen-bond acceptors (Lipinski definition) is 6. The van der Waals surface area contributed by atoms with Crippen molar-refractivity contribution >= 4 is 56.4 Å². The lowest BCUT2D eigenvalue weighted by atomic mass is 10.2. The molecule has 2 N–H and O–H groups in total. The van der Waals surface area contributed by atoms with Crippen LogP contribution in [0.4, 0.5) is 0 Å². The Bertz CT molecular complexity index is 975. The molecule has 0 heterocycles. The molecule has 0 spiro atoms. The number of rotatable bonds is 12. The molecule has 35 heavy (non-hydrogen) atoms. The first-order chi connectivity index (χ1) is 17.2. The molecule has 0 fully saturated rings. The van der Waals surface area contributed by atoms with Gasteiger partial charge in [-0.2, -0.15) is 0 Å². The Morgan fingerprint density at radius 3 is 1.49 bits per heavy atom. The fraction of sp³-hybridized carbons (Fsp3) is 0.379. The van der Waals surface area contributed by atoms with Crippen LogP contribution in [0.5, 0.6) is 0 Å². The molecule has 184 valence electrons. The Morgan fingerprint density at radius 2 is 1.06 bits per heavy atom. The molecule has 0 radical (unpaired) electrons. The Kier molecular flexibility index (Phi) is 10.8. The van der Waals surface area contributed by atoms with E-state index in [4.69, 9.17) is 24.4 Å². The zero-order valence-corrected chi connectivity index (χ0v) is 23.5. The molecule has 2 aliphatic carbocycles. The lowest BCUT2D eigenvalue weighted by Gasteiger charge is -2.14. The highest BCUT2D eigenvalue weighted by Crippen LogP contribution is 2.32. The van der Waals surface area contributed by atoms with Crippen molar-refractivity contribution in [3.63, 3.8) is 0 Å². The molecule has 2 nitrogen and oxygen atoms in total. The van der Waals surface area contributed by atoms with Crippen LogP contribution in [0.2, 0.25) is 0 Å². The Morgan fingerprint density at radius 1 is 0.629 bits per heavy atom. The van der Waals surface area contributed by atoms with Gasteiger partial charge in [-0.15, -0.1) is 23.5 Å². The second-order valence-corrected chi connectivity index (χ2v) is 12.3. The van der Waals surface area contributed by atoms with Gasteiger partial charge in [0.15, 0.2) is 0 Å². The molecule has 0 aromatic heterocycles. The van der Waals surface area contributed by atoms with Crippen LogP contribution < -0.4 is 10.6 Å². The molecule has 0 saturated heterocycles. The fourth-order valence-corrected chi connectivity index (χ4v) is 7.10. The molecule has 6 heteroatoms. The number of thiocarbonyl (C=S) groups is 2. The van der Waals surface area contributed by atoms with Crippen LogP contribution in [0.3, 0.4) is 0 Å². The predicted octanol–water partition coefficient (Wildman–Crippen LogP) is 7.95. The summed E-state index contributed by atoms with van der Waals surface area (Å²) in [6.07, 6.45) is 7.95. The van der Waals surface area contributed by atoms with Gasteiger partial charge < -0.3 is 10.6 Å². The lowest BCUT2D eigenvalue weighted by Crippen LogP contribution is -2.22. The first kappa shape index (κ1) is 26.5.